The Morgan fingerprint density at radius 2 is 1.96 bits per heavy atom. The van der Waals surface area contributed by atoms with Crippen molar-refractivity contribution in [2.45, 2.75) is 13.0 Å². The Bertz CT molecular complexity index is 918. The second kappa shape index (κ2) is 4.98. The molecular formula is C16H15N5O2. The fraction of sp³-hybridized carbons (Fsp3) is 0.188. The van der Waals surface area contributed by atoms with Crippen molar-refractivity contribution in [2.75, 3.05) is 17.2 Å². The van der Waals surface area contributed by atoms with Crippen molar-refractivity contribution >= 4 is 23.3 Å². The summed E-state index contributed by atoms with van der Waals surface area (Å²) in [5, 5.41) is 13.7. The van der Waals surface area contributed by atoms with Gasteiger partial charge in [-0.2, -0.15) is 4.98 Å². The van der Waals surface area contributed by atoms with E-state index in [1.54, 1.807) is 12.1 Å². The SMILES string of the molecule is Nc1nc2ccc(N3CCc4ccccc4C3)c(C(=O)O)n2n1. The van der Waals surface area contributed by atoms with Gasteiger partial charge in [0.15, 0.2) is 11.3 Å². The number of aromatic nitrogens is 3. The van der Waals surface area contributed by atoms with Crippen LogP contribution in [0.25, 0.3) is 5.65 Å². The van der Waals surface area contributed by atoms with Crippen LogP contribution in [0.2, 0.25) is 0 Å². The highest BCUT2D eigenvalue weighted by atomic mass is 16.4. The van der Waals surface area contributed by atoms with Crippen LogP contribution >= 0.6 is 0 Å². The molecular weight excluding hydrogens is 294 g/mol. The van der Waals surface area contributed by atoms with Crippen molar-refractivity contribution in [1.82, 2.24) is 14.6 Å². The van der Waals surface area contributed by atoms with Crippen molar-refractivity contribution in [2.24, 2.45) is 0 Å². The zero-order valence-corrected chi connectivity index (χ0v) is 12.3. The molecule has 2 aromatic heterocycles. The summed E-state index contributed by atoms with van der Waals surface area (Å²) < 4.78 is 1.30. The maximum absolute atomic E-state index is 11.8. The lowest BCUT2D eigenvalue weighted by molar-refractivity contribution is 0.0688. The van der Waals surface area contributed by atoms with Crippen molar-refractivity contribution in [3.05, 3.63) is 53.2 Å². The first kappa shape index (κ1) is 13.6. The van der Waals surface area contributed by atoms with E-state index in [0.717, 1.165) is 13.0 Å². The minimum Gasteiger partial charge on any atom is -0.476 e. The number of carbonyl (C=O) groups is 1. The van der Waals surface area contributed by atoms with Gasteiger partial charge in [0.2, 0.25) is 5.95 Å². The smallest absolute Gasteiger partial charge is 0.356 e. The number of aromatic carboxylic acids is 1. The minimum absolute atomic E-state index is 0.0636. The number of carboxylic acids is 1. The lowest BCUT2D eigenvalue weighted by atomic mass is 9.99. The van der Waals surface area contributed by atoms with E-state index in [2.05, 4.69) is 27.1 Å². The highest BCUT2D eigenvalue weighted by Gasteiger charge is 2.24. The molecule has 3 N–H and O–H groups in total. The van der Waals surface area contributed by atoms with Gasteiger partial charge in [-0.25, -0.2) is 9.31 Å². The molecule has 4 rings (SSSR count). The predicted molar refractivity (Wildman–Crippen MR) is 85.6 cm³/mol. The quantitative estimate of drug-likeness (QED) is 0.746. The molecule has 0 amide bonds. The Balaban J connectivity index is 1.83. The average molecular weight is 309 g/mol. The second-order valence-corrected chi connectivity index (χ2v) is 5.55. The highest BCUT2D eigenvalue weighted by Crippen LogP contribution is 2.28. The molecule has 0 bridgehead atoms. The van der Waals surface area contributed by atoms with Gasteiger partial charge < -0.3 is 15.7 Å². The van der Waals surface area contributed by atoms with Gasteiger partial charge in [-0.05, 0) is 29.7 Å². The van der Waals surface area contributed by atoms with Gasteiger partial charge in [-0.3, -0.25) is 0 Å². The predicted octanol–water partition coefficient (Wildman–Crippen LogP) is 1.57. The Hall–Kier alpha value is -3.09. The third-order valence-corrected chi connectivity index (χ3v) is 4.17. The molecule has 0 saturated heterocycles. The molecule has 0 radical (unpaired) electrons. The molecule has 1 aliphatic heterocycles. The Kier molecular flexibility index (Phi) is 2.94. The maximum Gasteiger partial charge on any atom is 0.356 e. The summed E-state index contributed by atoms with van der Waals surface area (Å²) in [7, 11) is 0. The first-order chi connectivity index (χ1) is 11.1. The van der Waals surface area contributed by atoms with E-state index in [9.17, 15) is 9.90 Å². The van der Waals surface area contributed by atoms with Crippen molar-refractivity contribution < 1.29 is 9.90 Å². The van der Waals surface area contributed by atoms with Gasteiger partial charge in [0.05, 0.1) is 5.69 Å². The number of nitrogen functional groups attached to an aromatic ring is 1. The number of hydrogen-bond acceptors (Lipinski definition) is 5. The second-order valence-electron chi connectivity index (χ2n) is 5.55. The van der Waals surface area contributed by atoms with E-state index in [1.807, 2.05) is 12.1 Å². The first-order valence-corrected chi connectivity index (χ1v) is 7.34. The van der Waals surface area contributed by atoms with E-state index in [0.29, 0.717) is 17.9 Å². The van der Waals surface area contributed by atoms with Gasteiger partial charge in [-0.1, -0.05) is 24.3 Å². The largest absolute Gasteiger partial charge is 0.476 e. The molecule has 3 heterocycles. The molecule has 0 unspecified atom stereocenters. The molecule has 116 valence electrons. The number of hydrogen-bond donors (Lipinski definition) is 2. The van der Waals surface area contributed by atoms with Gasteiger partial charge in [-0.15, -0.1) is 5.10 Å². The zero-order chi connectivity index (χ0) is 16.0. The summed E-state index contributed by atoms with van der Waals surface area (Å²) >= 11 is 0. The number of rotatable bonds is 2. The van der Waals surface area contributed by atoms with Crippen LogP contribution in [0.15, 0.2) is 36.4 Å². The molecule has 7 heteroatoms. The van der Waals surface area contributed by atoms with E-state index in [4.69, 9.17) is 5.73 Å². The van der Waals surface area contributed by atoms with Crippen molar-refractivity contribution in [3.8, 4) is 0 Å². The van der Waals surface area contributed by atoms with Gasteiger partial charge >= 0.3 is 5.97 Å². The zero-order valence-electron chi connectivity index (χ0n) is 12.3. The van der Waals surface area contributed by atoms with Crippen molar-refractivity contribution in [3.63, 3.8) is 0 Å². The standard InChI is InChI=1S/C16H15N5O2/c17-16-18-13-6-5-12(14(15(22)23)21(13)19-16)20-8-7-10-3-1-2-4-11(10)9-20/h1-6H,7-9H2,(H2,17,19)(H,22,23). The molecule has 0 atom stereocenters. The number of anilines is 2. The summed E-state index contributed by atoms with van der Waals surface area (Å²) in [5.41, 5.74) is 9.28. The molecule has 1 aromatic carbocycles. The lowest BCUT2D eigenvalue weighted by Gasteiger charge is -2.31. The first-order valence-electron chi connectivity index (χ1n) is 7.34. The maximum atomic E-state index is 11.8. The van der Waals surface area contributed by atoms with Gasteiger partial charge in [0.1, 0.15) is 0 Å². The normalized spacial score (nSPS) is 14.0. The number of fused-ring (bicyclic) bond motifs is 2. The third kappa shape index (κ3) is 2.17. The van der Waals surface area contributed by atoms with E-state index in [1.165, 1.54) is 15.6 Å². The van der Waals surface area contributed by atoms with Crippen LogP contribution in [-0.2, 0) is 13.0 Å². The van der Waals surface area contributed by atoms with Crippen LogP contribution in [0, 0.1) is 0 Å². The topological polar surface area (TPSA) is 96.8 Å². The summed E-state index contributed by atoms with van der Waals surface area (Å²) in [6, 6.07) is 11.7. The average Bonchev–Trinajstić information content (AvgIpc) is 2.93. The molecule has 23 heavy (non-hydrogen) atoms. The molecule has 0 fully saturated rings. The minimum atomic E-state index is -1.05. The van der Waals surface area contributed by atoms with Crippen LogP contribution in [0.5, 0.6) is 0 Å². The number of pyridine rings is 1. The summed E-state index contributed by atoms with van der Waals surface area (Å²) in [6.45, 7) is 1.43. The third-order valence-electron chi connectivity index (χ3n) is 4.17. The number of benzene rings is 1. The summed E-state index contributed by atoms with van der Waals surface area (Å²) in [6.07, 6.45) is 0.882. The van der Waals surface area contributed by atoms with Crippen LogP contribution in [-0.4, -0.2) is 32.2 Å². The summed E-state index contributed by atoms with van der Waals surface area (Å²) in [5.74, 6) is -0.983. The number of nitrogens with two attached hydrogens (primary N) is 1. The van der Waals surface area contributed by atoms with Gasteiger partial charge in [0, 0.05) is 13.1 Å². The highest BCUT2D eigenvalue weighted by molar-refractivity contribution is 5.93. The van der Waals surface area contributed by atoms with Crippen LogP contribution in [0.1, 0.15) is 21.6 Å². The molecule has 7 nitrogen and oxygen atoms in total. The monoisotopic (exact) mass is 309 g/mol. The molecule has 0 aliphatic carbocycles. The molecule has 0 saturated carbocycles. The number of carboxylic acid groups (broad SMARTS) is 1. The van der Waals surface area contributed by atoms with Crippen LogP contribution in [0.4, 0.5) is 11.6 Å². The summed E-state index contributed by atoms with van der Waals surface area (Å²) in [4.78, 5) is 17.9. The Morgan fingerprint density at radius 3 is 2.74 bits per heavy atom. The van der Waals surface area contributed by atoms with Gasteiger partial charge in [0.25, 0.3) is 0 Å². The lowest BCUT2D eigenvalue weighted by Crippen LogP contribution is -2.32. The fourth-order valence-electron chi connectivity index (χ4n) is 3.11. The molecule has 1 aliphatic rings. The van der Waals surface area contributed by atoms with Crippen LogP contribution < -0.4 is 10.6 Å². The number of nitrogens with zero attached hydrogens (tertiary/aromatic N) is 4. The Labute approximate surface area is 132 Å². The van der Waals surface area contributed by atoms with Crippen molar-refractivity contribution in [1.29, 1.82) is 0 Å². The van der Waals surface area contributed by atoms with Crippen LogP contribution in [0.3, 0.4) is 0 Å². The van der Waals surface area contributed by atoms with E-state index >= 15 is 0 Å². The fourth-order valence-corrected chi connectivity index (χ4v) is 3.11. The molecule has 0 spiro atoms. The molecule has 3 aromatic rings. The Morgan fingerprint density at radius 1 is 1.17 bits per heavy atom. The van der Waals surface area contributed by atoms with E-state index in [-0.39, 0.29) is 11.6 Å². The van der Waals surface area contributed by atoms with E-state index < -0.39 is 5.97 Å².